The summed E-state index contributed by atoms with van der Waals surface area (Å²) in [5.41, 5.74) is 2.35. The molecule has 1 aliphatic carbocycles. The molecule has 30 heavy (non-hydrogen) atoms. The standard InChI is InChI=1S/C24H24N2O4/c1-3-30-17-11-9-16(10-12-17)25-22(27)19-6-4-5-7-21(19)26-23(28)18-13-8-15(2)14-20(18)24(26)29/h4-12,18,20H,3,13-14H2,1-2H3,(H,25,27)/t18-,20+/m1/s1. The fourth-order valence-corrected chi connectivity index (χ4v) is 4.14. The lowest BCUT2D eigenvalue weighted by Gasteiger charge is -2.19. The van der Waals surface area contributed by atoms with E-state index in [2.05, 4.69) is 5.32 Å². The van der Waals surface area contributed by atoms with Crippen LogP contribution in [-0.2, 0) is 9.59 Å². The average Bonchev–Trinajstić information content (AvgIpc) is 2.99. The van der Waals surface area contributed by atoms with Crippen LogP contribution in [0.4, 0.5) is 11.4 Å². The van der Waals surface area contributed by atoms with Crippen molar-refractivity contribution in [1.82, 2.24) is 0 Å². The number of hydrogen-bond acceptors (Lipinski definition) is 4. The summed E-state index contributed by atoms with van der Waals surface area (Å²) in [7, 11) is 0. The van der Waals surface area contributed by atoms with Gasteiger partial charge in [-0.3, -0.25) is 14.4 Å². The lowest BCUT2D eigenvalue weighted by atomic mass is 9.82. The Bertz CT molecular complexity index is 1030. The zero-order valence-electron chi connectivity index (χ0n) is 17.1. The molecule has 1 N–H and O–H groups in total. The number of nitrogens with zero attached hydrogens (tertiary/aromatic N) is 1. The minimum atomic E-state index is -0.375. The van der Waals surface area contributed by atoms with Crippen molar-refractivity contribution in [2.45, 2.75) is 26.7 Å². The molecule has 6 heteroatoms. The summed E-state index contributed by atoms with van der Waals surface area (Å²) < 4.78 is 5.42. The molecule has 154 valence electrons. The summed E-state index contributed by atoms with van der Waals surface area (Å²) in [4.78, 5) is 40.3. The molecule has 0 radical (unpaired) electrons. The van der Waals surface area contributed by atoms with E-state index in [1.165, 1.54) is 4.90 Å². The first-order chi connectivity index (χ1) is 14.5. The second kappa shape index (κ2) is 8.14. The molecule has 2 aromatic carbocycles. The van der Waals surface area contributed by atoms with E-state index < -0.39 is 0 Å². The van der Waals surface area contributed by atoms with Crippen LogP contribution in [0.2, 0.25) is 0 Å². The molecule has 0 bridgehead atoms. The summed E-state index contributed by atoms with van der Waals surface area (Å²) in [6, 6.07) is 13.8. The number of allylic oxidation sites excluding steroid dienone is 2. The van der Waals surface area contributed by atoms with Crippen molar-refractivity contribution < 1.29 is 19.1 Å². The van der Waals surface area contributed by atoms with E-state index in [1.54, 1.807) is 48.5 Å². The number of fused-ring (bicyclic) bond motifs is 1. The Morgan fingerprint density at radius 1 is 1.07 bits per heavy atom. The highest BCUT2D eigenvalue weighted by Crippen LogP contribution is 2.40. The first kappa shape index (κ1) is 19.9. The van der Waals surface area contributed by atoms with Crippen LogP contribution in [0.15, 0.2) is 60.2 Å². The van der Waals surface area contributed by atoms with E-state index in [4.69, 9.17) is 4.74 Å². The minimum Gasteiger partial charge on any atom is -0.494 e. The first-order valence-electron chi connectivity index (χ1n) is 10.2. The molecule has 2 atom stereocenters. The summed E-state index contributed by atoms with van der Waals surface area (Å²) >= 11 is 0. The topological polar surface area (TPSA) is 75.7 Å². The number of benzene rings is 2. The lowest BCUT2D eigenvalue weighted by molar-refractivity contribution is -0.122. The number of rotatable bonds is 5. The molecule has 0 spiro atoms. The number of imide groups is 1. The van der Waals surface area contributed by atoms with Crippen LogP contribution >= 0.6 is 0 Å². The van der Waals surface area contributed by atoms with E-state index in [-0.39, 0.29) is 35.1 Å². The quantitative estimate of drug-likeness (QED) is 0.599. The number of anilines is 2. The molecule has 1 fully saturated rings. The zero-order chi connectivity index (χ0) is 21.3. The Hall–Kier alpha value is -3.41. The van der Waals surface area contributed by atoms with Gasteiger partial charge >= 0.3 is 0 Å². The largest absolute Gasteiger partial charge is 0.494 e. The van der Waals surface area contributed by atoms with Crippen LogP contribution in [0, 0.1) is 11.8 Å². The van der Waals surface area contributed by atoms with Gasteiger partial charge in [0.15, 0.2) is 0 Å². The van der Waals surface area contributed by atoms with Crippen LogP contribution < -0.4 is 15.0 Å². The van der Waals surface area contributed by atoms with Crippen molar-refractivity contribution in [1.29, 1.82) is 0 Å². The van der Waals surface area contributed by atoms with Gasteiger partial charge in [-0.05, 0) is 63.1 Å². The lowest BCUT2D eigenvalue weighted by Crippen LogP contribution is -2.33. The van der Waals surface area contributed by atoms with E-state index in [0.717, 1.165) is 11.3 Å². The highest BCUT2D eigenvalue weighted by atomic mass is 16.5. The monoisotopic (exact) mass is 404 g/mol. The third-order valence-electron chi connectivity index (χ3n) is 5.64. The average molecular weight is 404 g/mol. The molecule has 0 unspecified atom stereocenters. The Labute approximate surface area is 175 Å². The van der Waals surface area contributed by atoms with Gasteiger partial charge in [-0.2, -0.15) is 0 Å². The fourth-order valence-electron chi connectivity index (χ4n) is 4.14. The van der Waals surface area contributed by atoms with Crippen molar-refractivity contribution in [3.63, 3.8) is 0 Å². The number of ether oxygens (including phenoxy) is 1. The highest BCUT2D eigenvalue weighted by Gasteiger charge is 2.49. The number of carbonyl (C=O) groups is 3. The van der Waals surface area contributed by atoms with Gasteiger partial charge in [0.25, 0.3) is 5.91 Å². The Morgan fingerprint density at radius 2 is 1.77 bits per heavy atom. The third-order valence-corrected chi connectivity index (χ3v) is 5.64. The molecule has 0 aromatic heterocycles. The molecule has 2 aromatic rings. The van der Waals surface area contributed by atoms with Crippen molar-refractivity contribution in [3.8, 4) is 5.75 Å². The number of carbonyl (C=O) groups excluding carboxylic acids is 3. The summed E-state index contributed by atoms with van der Waals surface area (Å²) in [6.45, 7) is 4.45. The zero-order valence-corrected chi connectivity index (χ0v) is 17.1. The molecule has 2 aliphatic rings. The van der Waals surface area contributed by atoms with Crippen molar-refractivity contribution in [2.24, 2.45) is 11.8 Å². The van der Waals surface area contributed by atoms with Crippen LogP contribution in [0.3, 0.4) is 0 Å². The Morgan fingerprint density at radius 3 is 2.50 bits per heavy atom. The van der Waals surface area contributed by atoms with Gasteiger partial charge in [-0.25, -0.2) is 4.90 Å². The third kappa shape index (κ3) is 3.61. The number of hydrogen-bond donors (Lipinski definition) is 1. The van der Waals surface area contributed by atoms with Gasteiger partial charge < -0.3 is 10.1 Å². The van der Waals surface area contributed by atoms with Gasteiger partial charge in [0.1, 0.15) is 5.75 Å². The molecular formula is C24H24N2O4. The van der Waals surface area contributed by atoms with Crippen LogP contribution in [0.25, 0.3) is 0 Å². The van der Waals surface area contributed by atoms with Gasteiger partial charge in [0.05, 0.1) is 29.7 Å². The Kier molecular flexibility index (Phi) is 5.40. The molecular weight excluding hydrogens is 380 g/mol. The fraction of sp³-hybridized carbons (Fsp3) is 0.292. The van der Waals surface area contributed by atoms with Crippen molar-refractivity contribution in [3.05, 3.63) is 65.7 Å². The molecule has 3 amide bonds. The smallest absolute Gasteiger partial charge is 0.257 e. The van der Waals surface area contributed by atoms with Gasteiger partial charge in [-0.15, -0.1) is 0 Å². The number of amides is 3. The Balaban J connectivity index is 1.59. The number of nitrogens with one attached hydrogen (secondary N) is 1. The maximum absolute atomic E-state index is 13.1. The van der Waals surface area contributed by atoms with Crippen LogP contribution in [0.5, 0.6) is 5.75 Å². The van der Waals surface area contributed by atoms with Crippen molar-refractivity contribution in [2.75, 3.05) is 16.8 Å². The number of para-hydroxylation sites is 1. The van der Waals surface area contributed by atoms with E-state index in [1.807, 2.05) is 19.9 Å². The molecule has 1 aliphatic heterocycles. The maximum Gasteiger partial charge on any atom is 0.257 e. The predicted octanol–water partition coefficient (Wildman–Crippen LogP) is 4.18. The second-order valence-corrected chi connectivity index (χ2v) is 7.64. The highest BCUT2D eigenvalue weighted by molar-refractivity contribution is 6.25. The van der Waals surface area contributed by atoms with Gasteiger partial charge in [-0.1, -0.05) is 23.8 Å². The summed E-state index contributed by atoms with van der Waals surface area (Å²) in [5, 5.41) is 2.84. The molecule has 0 saturated carbocycles. The molecule has 1 heterocycles. The van der Waals surface area contributed by atoms with Gasteiger partial charge in [0, 0.05) is 5.69 Å². The maximum atomic E-state index is 13.1. The summed E-state index contributed by atoms with van der Waals surface area (Å²) in [5.74, 6) is -0.794. The van der Waals surface area contributed by atoms with Crippen LogP contribution in [-0.4, -0.2) is 24.3 Å². The van der Waals surface area contributed by atoms with Crippen LogP contribution in [0.1, 0.15) is 37.0 Å². The summed E-state index contributed by atoms with van der Waals surface area (Å²) in [6.07, 6.45) is 3.19. The van der Waals surface area contributed by atoms with E-state index >= 15 is 0 Å². The normalized spacial score (nSPS) is 20.6. The minimum absolute atomic E-state index is 0.223. The SMILES string of the molecule is CCOc1ccc(NC(=O)c2ccccc2N2C(=O)[C@H]3CC(C)=CC[C@H]3C2=O)cc1. The molecule has 4 rings (SSSR count). The van der Waals surface area contributed by atoms with E-state index in [9.17, 15) is 14.4 Å². The molecule has 1 saturated heterocycles. The van der Waals surface area contributed by atoms with Gasteiger partial charge in [0.2, 0.25) is 11.8 Å². The second-order valence-electron chi connectivity index (χ2n) is 7.64. The molecule has 6 nitrogen and oxygen atoms in total. The van der Waals surface area contributed by atoms with Crippen molar-refractivity contribution >= 4 is 29.1 Å². The predicted molar refractivity (Wildman–Crippen MR) is 114 cm³/mol. The first-order valence-corrected chi connectivity index (χ1v) is 10.2. The van der Waals surface area contributed by atoms with E-state index in [0.29, 0.717) is 30.8 Å².